The minimum atomic E-state index is -0.340. The fourth-order valence-electron chi connectivity index (χ4n) is 1.97. The Bertz CT molecular complexity index is 329. The van der Waals surface area contributed by atoms with Gasteiger partial charge >= 0.3 is 0 Å². The lowest BCUT2D eigenvalue weighted by Crippen LogP contribution is -2.16. The molecule has 1 N–H and O–H groups in total. The van der Waals surface area contributed by atoms with Crippen molar-refractivity contribution in [2.45, 2.75) is 32.8 Å². The molecule has 0 aliphatic carbocycles. The van der Waals surface area contributed by atoms with Gasteiger partial charge in [-0.05, 0) is 43.4 Å². The van der Waals surface area contributed by atoms with Crippen LogP contribution in [0.25, 0.3) is 0 Å². The Morgan fingerprint density at radius 1 is 1.11 bits per heavy atom. The van der Waals surface area contributed by atoms with E-state index in [1.165, 1.54) is 16.7 Å². The predicted molar refractivity (Wildman–Crippen MR) is 72.9 cm³/mol. The number of aryl methyl sites for hydroxylation is 2. The molecule has 1 aromatic carbocycles. The van der Waals surface area contributed by atoms with Crippen LogP contribution in [-0.2, 0) is 15.9 Å². The molecule has 0 fully saturated rings. The number of methoxy groups -OCH3 is 1. The van der Waals surface area contributed by atoms with Crippen LogP contribution in [0.4, 0.5) is 0 Å². The molecule has 0 saturated carbocycles. The summed E-state index contributed by atoms with van der Waals surface area (Å²) < 4.78 is 10.2. The quantitative estimate of drug-likeness (QED) is 0.721. The van der Waals surface area contributed by atoms with Gasteiger partial charge in [0.1, 0.15) is 0 Å². The van der Waals surface area contributed by atoms with Gasteiger partial charge < -0.3 is 14.6 Å². The third-order valence-corrected chi connectivity index (χ3v) is 3.11. The molecule has 0 aliphatic rings. The molecule has 0 amide bonds. The van der Waals surface area contributed by atoms with Gasteiger partial charge in [0, 0.05) is 13.7 Å². The summed E-state index contributed by atoms with van der Waals surface area (Å²) in [7, 11) is 1.65. The summed E-state index contributed by atoms with van der Waals surface area (Å²) in [4.78, 5) is 0. The molecule has 0 radical (unpaired) electrons. The van der Waals surface area contributed by atoms with Crippen molar-refractivity contribution >= 4 is 0 Å². The molecule has 18 heavy (non-hydrogen) atoms. The number of hydrogen-bond acceptors (Lipinski definition) is 3. The summed E-state index contributed by atoms with van der Waals surface area (Å²) in [6.07, 6.45) is 1.02. The summed E-state index contributed by atoms with van der Waals surface area (Å²) >= 11 is 0. The van der Waals surface area contributed by atoms with Crippen LogP contribution in [0.2, 0.25) is 0 Å². The highest BCUT2D eigenvalue weighted by Gasteiger charge is 2.09. The largest absolute Gasteiger partial charge is 0.393 e. The average Bonchev–Trinajstić information content (AvgIpc) is 2.34. The van der Waals surface area contributed by atoms with E-state index >= 15 is 0 Å². The van der Waals surface area contributed by atoms with Crippen LogP contribution in [0.1, 0.15) is 23.1 Å². The van der Waals surface area contributed by atoms with Crippen molar-refractivity contribution in [3.05, 3.63) is 34.9 Å². The van der Waals surface area contributed by atoms with E-state index in [9.17, 15) is 5.11 Å². The van der Waals surface area contributed by atoms with Gasteiger partial charge in [-0.15, -0.1) is 0 Å². The summed E-state index contributed by atoms with van der Waals surface area (Å²) in [5.41, 5.74) is 3.74. The van der Waals surface area contributed by atoms with Crippen molar-refractivity contribution in [3.8, 4) is 0 Å². The summed E-state index contributed by atoms with van der Waals surface area (Å²) in [6.45, 7) is 5.95. The summed E-state index contributed by atoms with van der Waals surface area (Å²) in [5.74, 6) is 0. The first-order valence-electron chi connectivity index (χ1n) is 6.45. The zero-order chi connectivity index (χ0) is 13.4. The number of ether oxygens (including phenoxy) is 2. The first kappa shape index (κ1) is 15.2. The SMILES string of the molecule is COCCOCCC(O)Cc1c(C)cccc1C. The van der Waals surface area contributed by atoms with Crippen molar-refractivity contribution in [3.63, 3.8) is 0 Å². The van der Waals surface area contributed by atoms with Crippen molar-refractivity contribution in [2.24, 2.45) is 0 Å². The number of rotatable bonds is 8. The fourth-order valence-corrected chi connectivity index (χ4v) is 1.97. The first-order valence-corrected chi connectivity index (χ1v) is 6.45. The maximum atomic E-state index is 10.00. The topological polar surface area (TPSA) is 38.7 Å². The lowest BCUT2D eigenvalue weighted by atomic mass is 9.96. The Balaban J connectivity index is 2.33. The minimum absolute atomic E-state index is 0.340. The molecule has 1 atom stereocenters. The van der Waals surface area contributed by atoms with E-state index in [4.69, 9.17) is 9.47 Å². The first-order chi connectivity index (χ1) is 8.65. The van der Waals surface area contributed by atoms with Gasteiger partial charge in [-0.1, -0.05) is 18.2 Å². The van der Waals surface area contributed by atoms with Gasteiger partial charge in [0.15, 0.2) is 0 Å². The van der Waals surface area contributed by atoms with Gasteiger partial charge in [-0.2, -0.15) is 0 Å². The summed E-state index contributed by atoms with van der Waals surface area (Å²) in [6, 6.07) is 6.22. The highest BCUT2D eigenvalue weighted by molar-refractivity contribution is 5.33. The second-order valence-corrected chi connectivity index (χ2v) is 4.62. The van der Waals surface area contributed by atoms with Crippen LogP contribution in [0, 0.1) is 13.8 Å². The Labute approximate surface area is 110 Å². The van der Waals surface area contributed by atoms with Gasteiger partial charge in [0.2, 0.25) is 0 Å². The third kappa shape index (κ3) is 5.17. The fraction of sp³-hybridized carbons (Fsp3) is 0.600. The normalized spacial score (nSPS) is 12.7. The Morgan fingerprint density at radius 3 is 2.39 bits per heavy atom. The molecule has 102 valence electrons. The van der Waals surface area contributed by atoms with Crippen LogP contribution >= 0.6 is 0 Å². The van der Waals surface area contributed by atoms with E-state index in [2.05, 4.69) is 32.0 Å². The van der Waals surface area contributed by atoms with Crippen molar-refractivity contribution in [1.82, 2.24) is 0 Å². The number of hydrogen-bond donors (Lipinski definition) is 1. The van der Waals surface area contributed by atoms with E-state index in [1.54, 1.807) is 7.11 Å². The van der Waals surface area contributed by atoms with E-state index in [0.717, 1.165) is 0 Å². The van der Waals surface area contributed by atoms with Crippen molar-refractivity contribution < 1.29 is 14.6 Å². The van der Waals surface area contributed by atoms with Crippen LogP contribution in [-0.4, -0.2) is 38.1 Å². The maximum Gasteiger partial charge on any atom is 0.0700 e. The molecule has 0 heterocycles. The summed E-state index contributed by atoms with van der Waals surface area (Å²) in [5, 5.41) is 10.00. The maximum absolute atomic E-state index is 10.00. The molecule has 3 nitrogen and oxygen atoms in total. The molecule has 3 heteroatoms. The number of aliphatic hydroxyl groups excluding tert-OH is 1. The highest BCUT2D eigenvalue weighted by atomic mass is 16.5. The average molecular weight is 252 g/mol. The van der Waals surface area contributed by atoms with Crippen molar-refractivity contribution in [2.75, 3.05) is 26.9 Å². The third-order valence-electron chi connectivity index (χ3n) is 3.11. The standard InChI is InChI=1S/C15H24O3/c1-12-5-4-6-13(2)15(12)11-14(16)7-8-18-10-9-17-3/h4-6,14,16H,7-11H2,1-3H3. The smallest absolute Gasteiger partial charge is 0.0700 e. The highest BCUT2D eigenvalue weighted by Crippen LogP contribution is 2.16. The van der Waals surface area contributed by atoms with Gasteiger partial charge in [-0.25, -0.2) is 0 Å². The molecule has 0 aromatic heterocycles. The van der Waals surface area contributed by atoms with E-state index in [1.807, 2.05) is 0 Å². The van der Waals surface area contributed by atoms with Crippen LogP contribution in [0.5, 0.6) is 0 Å². The van der Waals surface area contributed by atoms with Gasteiger partial charge in [-0.3, -0.25) is 0 Å². The second-order valence-electron chi connectivity index (χ2n) is 4.62. The van der Waals surface area contributed by atoms with Crippen LogP contribution in [0.15, 0.2) is 18.2 Å². The van der Waals surface area contributed by atoms with Gasteiger partial charge in [0.05, 0.1) is 19.3 Å². The molecule has 1 aromatic rings. The molecule has 0 spiro atoms. The molecule has 0 aliphatic heterocycles. The zero-order valence-electron chi connectivity index (χ0n) is 11.6. The molecule has 0 bridgehead atoms. The lowest BCUT2D eigenvalue weighted by Gasteiger charge is -2.14. The number of aliphatic hydroxyl groups is 1. The monoisotopic (exact) mass is 252 g/mol. The lowest BCUT2D eigenvalue weighted by molar-refractivity contribution is 0.0478. The second kappa shape index (κ2) is 8.25. The molecular weight excluding hydrogens is 228 g/mol. The molecule has 1 unspecified atom stereocenters. The van der Waals surface area contributed by atoms with E-state index < -0.39 is 0 Å². The predicted octanol–water partition coefficient (Wildman–Crippen LogP) is 2.26. The zero-order valence-corrected chi connectivity index (χ0v) is 11.6. The molecule has 0 saturated heterocycles. The Hall–Kier alpha value is -0.900. The van der Waals surface area contributed by atoms with Crippen molar-refractivity contribution in [1.29, 1.82) is 0 Å². The van der Waals surface area contributed by atoms with E-state index in [0.29, 0.717) is 32.7 Å². The minimum Gasteiger partial charge on any atom is -0.393 e. The Morgan fingerprint density at radius 2 is 1.78 bits per heavy atom. The van der Waals surface area contributed by atoms with Gasteiger partial charge in [0.25, 0.3) is 0 Å². The van der Waals surface area contributed by atoms with Crippen LogP contribution < -0.4 is 0 Å². The number of benzene rings is 1. The molecular formula is C15H24O3. The molecule has 1 rings (SSSR count). The van der Waals surface area contributed by atoms with Crippen LogP contribution in [0.3, 0.4) is 0 Å². The van der Waals surface area contributed by atoms with E-state index in [-0.39, 0.29) is 6.10 Å². The Kier molecular flexibility index (Phi) is 6.94.